The summed E-state index contributed by atoms with van der Waals surface area (Å²) >= 11 is 2.05. The van der Waals surface area contributed by atoms with E-state index < -0.39 is 11.7 Å². The van der Waals surface area contributed by atoms with E-state index in [4.69, 9.17) is 9.15 Å². The molecular weight excluding hydrogens is 323 g/mol. The summed E-state index contributed by atoms with van der Waals surface area (Å²) in [6.07, 6.45) is 0.991. The molecule has 0 aliphatic rings. The van der Waals surface area contributed by atoms with Gasteiger partial charge in [0.05, 0.1) is 11.6 Å². The van der Waals surface area contributed by atoms with Crippen LogP contribution in [0.1, 0.15) is 20.8 Å². The predicted octanol–water partition coefficient (Wildman–Crippen LogP) is 3.02. The summed E-state index contributed by atoms with van der Waals surface area (Å²) in [7, 11) is 0. The highest BCUT2D eigenvalue weighted by molar-refractivity contribution is 14.1. The number of fused-ring (bicyclic) bond motifs is 1. The van der Waals surface area contributed by atoms with Crippen molar-refractivity contribution in [2.24, 2.45) is 0 Å². The Balaban J connectivity index is 2.40. The lowest BCUT2D eigenvalue weighted by Gasteiger charge is -2.18. The molecule has 0 fully saturated rings. The summed E-state index contributed by atoms with van der Waals surface area (Å²) in [4.78, 5) is 11.8. The van der Waals surface area contributed by atoms with Crippen LogP contribution in [0.5, 0.6) is 0 Å². The van der Waals surface area contributed by atoms with Gasteiger partial charge in [-0.1, -0.05) is 0 Å². The van der Waals surface area contributed by atoms with E-state index in [1.54, 1.807) is 26.8 Å². The fourth-order valence-electron chi connectivity index (χ4n) is 1.24. The molecule has 6 heteroatoms. The van der Waals surface area contributed by atoms with Crippen molar-refractivity contribution in [3.05, 3.63) is 16.0 Å². The van der Waals surface area contributed by atoms with Crippen molar-refractivity contribution in [1.29, 1.82) is 0 Å². The lowest BCUT2D eigenvalue weighted by atomic mass is 10.2. The minimum Gasteiger partial charge on any atom is -0.446 e. The predicted molar refractivity (Wildman–Crippen MR) is 66.3 cm³/mol. The molecule has 0 spiro atoms. The molecule has 16 heavy (non-hydrogen) atoms. The van der Waals surface area contributed by atoms with Crippen molar-refractivity contribution in [3.63, 3.8) is 0 Å². The first kappa shape index (κ1) is 11.4. The molecule has 0 aliphatic heterocycles. The summed E-state index contributed by atoms with van der Waals surface area (Å²) in [6, 6.07) is 1.77. The van der Waals surface area contributed by atoms with Crippen LogP contribution in [-0.4, -0.2) is 21.5 Å². The number of halogens is 1. The monoisotopic (exact) mass is 334 g/mol. The number of ether oxygens (including phenoxy) is 1. The number of carbonyl (C=O) groups excluding carboxylic acids is 1. The molecule has 0 unspecified atom stereocenters. The SMILES string of the molecule is CC(C)(C)OC(=O)n1nc(I)c2ccoc21. The zero-order valence-corrected chi connectivity index (χ0v) is 11.3. The maximum atomic E-state index is 11.8. The Kier molecular flexibility index (Phi) is 2.69. The smallest absolute Gasteiger partial charge is 0.438 e. The van der Waals surface area contributed by atoms with Crippen molar-refractivity contribution in [2.75, 3.05) is 0 Å². The second-order valence-electron chi connectivity index (χ2n) is 4.32. The number of rotatable bonds is 0. The summed E-state index contributed by atoms with van der Waals surface area (Å²) in [5.74, 6) is 0. The Hall–Kier alpha value is -1.05. The number of hydrogen-bond donors (Lipinski definition) is 0. The van der Waals surface area contributed by atoms with Gasteiger partial charge in [-0.05, 0) is 49.4 Å². The number of aromatic nitrogens is 2. The van der Waals surface area contributed by atoms with Gasteiger partial charge in [-0.25, -0.2) is 4.79 Å². The Morgan fingerprint density at radius 1 is 1.56 bits per heavy atom. The van der Waals surface area contributed by atoms with E-state index in [0.29, 0.717) is 9.41 Å². The van der Waals surface area contributed by atoms with Gasteiger partial charge in [-0.3, -0.25) is 0 Å². The first-order valence-corrected chi connectivity index (χ1v) is 5.81. The van der Waals surface area contributed by atoms with Crippen LogP contribution in [0.15, 0.2) is 16.7 Å². The molecule has 0 atom stereocenters. The summed E-state index contributed by atoms with van der Waals surface area (Å²) in [5.41, 5.74) is -0.133. The zero-order chi connectivity index (χ0) is 11.9. The standard InChI is InChI=1S/C10H11IN2O3/c1-10(2,3)16-9(14)13-8-6(4-5-15-8)7(11)12-13/h4-5H,1-3H3. The number of furan rings is 1. The summed E-state index contributed by atoms with van der Waals surface area (Å²) in [6.45, 7) is 5.41. The third-order valence-corrected chi connectivity index (χ3v) is 2.61. The first-order chi connectivity index (χ1) is 7.38. The minimum atomic E-state index is -0.548. The van der Waals surface area contributed by atoms with E-state index in [1.165, 1.54) is 6.26 Å². The fraction of sp³-hybridized carbons (Fsp3) is 0.400. The quantitative estimate of drug-likeness (QED) is 0.695. The Labute approximate surface area is 106 Å². The van der Waals surface area contributed by atoms with Gasteiger partial charge in [0.1, 0.15) is 9.30 Å². The van der Waals surface area contributed by atoms with E-state index in [0.717, 1.165) is 10.1 Å². The topological polar surface area (TPSA) is 57.3 Å². The molecule has 0 aromatic carbocycles. The molecule has 0 amide bonds. The van der Waals surface area contributed by atoms with Crippen molar-refractivity contribution in [2.45, 2.75) is 26.4 Å². The Morgan fingerprint density at radius 3 is 2.88 bits per heavy atom. The molecule has 0 bridgehead atoms. The fourth-order valence-corrected chi connectivity index (χ4v) is 1.86. The molecule has 2 rings (SSSR count). The van der Waals surface area contributed by atoms with Crippen LogP contribution in [0.3, 0.4) is 0 Å². The average molecular weight is 334 g/mol. The van der Waals surface area contributed by atoms with Gasteiger partial charge in [0, 0.05) is 0 Å². The zero-order valence-electron chi connectivity index (χ0n) is 9.15. The van der Waals surface area contributed by atoms with Crippen molar-refractivity contribution < 1.29 is 13.9 Å². The first-order valence-electron chi connectivity index (χ1n) is 4.73. The van der Waals surface area contributed by atoms with E-state index in [-0.39, 0.29) is 0 Å². The molecule has 2 aromatic rings. The van der Waals surface area contributed by atoms with E-state index >= 15 is 0 Å². The maximum absolute atomic E-state index is 11.8. The lowest BCUT2D eigenvalue weighted by molar-refractivity contribution is 0.0517. The maximum Gasteiger partial charge on any atom is 0.438 e. The summed E-state index contributed by atoms with van der Waals surface area (Å²) < 4.78 is 12.3. The number of nitrogens with zero attached hydrogens (tertiary/aromatic N) is 2. The van der Waals surface area contributed by atoms with Crippen molar-refractivity contribution >= 4 is 39.8 Å². The van der Waals surface area contributed by atoms with Crippen molar-refractivity contribution in [3.8, 4) is 0 Å². The van der Waals surface area contributed by atoms with Crippen LogP contribution in [-0.2, 0) is 4.74 Å². The third kappa shape index (κ3) is 2.06. The minimum absolute atomic E-state index is 0.415. The molecular formula is C10H11IN2O3. The van der Waals surface area contributed by atoms with Gasteiger partial charge in [0.2, 0.25) is 5.71 Å². The second-order valence-corrected chi connectivity index (χ2v) is 5.34. The lowest BCUT2D eigenvalue weighted by Crippen LogP contribution is -2.27. The van der Waals surface area contributed by atoms with Crippen LogP contribution in [0.25, 0.3) is 11.1 Å². The highest BCUT2D eigenvalue weighted by Gasteiger charge is 2.22. The molecule has 0 saturated heterocycles. The van der Waals surface area contributed by atoms with Crippen LogP contribution < -0.4 is 0 Å². The number of hydrogen-bond acceptors (Lipinski definition) is 4. The highest BCUT2D eigenvalue weighted by Crippen LogP contribution is 2.22. The normalized spacial score (nSPS) is 12.0. The highest BCUT2D eigenvalue weighted by atomic mass is 127. The van der Waals surface area contributed by atoms with Gasteiger partial charge in [0.25, 0.3) is 0 Å². The van der Waals surface area contributed by atoms with Crippen LogP contribution >= 0.6 is 22.6 Å². The molecule has 0 radical (unpaired) electrons. The third-order valence-electron chi connectivity index (χ3n) is 1.81. The molecule has 0 N–H and O–H groups in total. The van der Waals surface area contributed by atoms with Gasteiger partial charge in [-0.2, -0.15) is 5.10 Å². The molecule has 86 valence electrons. The van der Waals surface area contributed by atoms with Gasteiger partial charge < -0.3 is 9.15 Å². The average Bonchev–Trinajstić information content (AvgIpc) is 2.66. The van der Waals surface area contributed by atoms with Crippen LogP contribution in [0, 0.1) is 3.70 Å². The molecule has 2 aromatic heterocycles. The Morgan fingerprint density at radius 2 is 2.25 bits per heavy atom. The van der Waals surface area contributed by atoms with Gasteiger partial charge >= 0.3 is 6.09 Å². The van der Waals surface area contributed by atoms with Crippen LogP contribution in [0.2, 0.25) is 0 Å². The van der Waals surface area contributed by atoms with Crippen LogP contribution in [0.4, 0.5) is 4.79 Å². The molecule has 0 saturated carbocycles. The number of carbonyl (C=O) groups is 1. The second kappa shape index (κ2) is 3.76. The molecule has 2 heterocycles. The van der Waals surface area contributed by atoms with Crippen molar-refractivity contribution in [1.82, 2.24) is 9.78 Å². The van der Waals surface area contributed by atoms with Gasteiger partial charge in [0.15, 0.2) is 0 Å². The van der Waals surface area contributed by atoms with E-state index in [1.807, 2.05) is 22.6 Å². The van der Waals surface area contributed by atoms with E-state index in [2.05, 4.69) is 5.10 Å². The Bertz CT molecular complexity index is 536. The summed E-state index contributed by atoms with van der Waals surface area (Å²) in [5, 5.41) is 4.88. The molecule has 0 aliphatic carbocycles. The van der Waals surface area contributed by atoms with Gasteiger partial charge in [-0.15, -0.1) is 4.68 Å². The largest absolute Gasteiger partial charge is 0.446 e. The van der Waals surface area contributed by atoms with E-state index in [9.17, 15) is 4.79 Å². The molecule has 5 nitrogen and oxygen atoms in total.